The van der Waals surface area contributed by atoms with Crippen LogP contribution in [0.3, 0.4) is 0 Å². The number of esters is 3. The number of rotatable bonds is 48. The maximum absolute atomic E-state index is 12.8. The van der Waals surface area contributed by atoms with Gasteiger partial charge in [0.1, 0.15) is 13.2 Å². The fourth-order valence-corrected chi connectivity index (χ4v) is 7.42. The highest BCUT2D eigenvalue weighted by Gasteiger charge is 2.19. The van der Waals surface area contributed by atoms with Gasteiger partial charge in [-0.2, -0.15) is 0 Å². The van der Waals surface area contributed by atoms with Gasteiger partial charge in [-0.3, -0.25) is 14.4 Å². The summed E-state index contributed by atoms with van der Waals surface area (Å²) in [6, 6.07) is 0. The van der Waals surface area contributed by atoms with Crippen molar-refractivity contribution in [3.63, 3.8) is 0 Å². The van der Waals surface area contributed by atoms with E-state index in [9.17, 15) is 14.4 Å². The number of hydrogen-bond acceptors (Lipinski definition) is 6. The highest BCUT2D eigenvalue weighted by molar-refractivity contribution is 5.71. The van der Waals surface area contributed by atoms with Crippen LogP contribution >= 0.6 is 0 Å². The zero-order valence-electron chi connectivity index (χ0n) is 42.9. The summed E-state index contributed by atoms with van der Waals surface area (Å²) in [5.41, 5.74) is 0. The molecule has 0 bridgehead atoms. The Bertz CT molecular complexity index is 1330. The number of carbonyl (C=O) groups is 3. The summed E-state index contributed by atoms with van der Waals surface area (Å²) in [4.78, 5) is 38.1. The van der Waals surface area contributed by atoms with Crippen molar-refractivity contribution >= 4 is 17.9 Å². The van der Waals surface area contributed by atoms with E-state index in [4.69, 9.17) is 14.2 Å². The van der Waals surface area contributed by atoms with Crippen LogP contribution in [0.5, 0.6) is 0 Å². The molecule has 0 radical (unpaired) electrons. The molecule has 376 valence electrons. The molecule has 0 fully saturated rings. The van der Waals surface area contributed by atoms with Gasteiger partial charge in [0.25, 0.3) is 0 Å². The standard InChI is InChI=1S/C60H100O6/c1-4-7-10-13-16-19-22-25-27-29-30-32-33-35-38-41-44-47-50-53-59(62)65-56-57(55-64-58(61)52-49-46-43-40-37-24-21-18-15-12-9-6-3)66-60(63)54-51-48-45-42-39-36-34-31-28-26-23-20-17-14-11-8-5-2/h7,10,13,16,18-19,21-22,25,27,29-30,32-33,35,38,57H,4-6,8-9,11-12,14-15,17,20,23-24,26,28,31,34,36-37,39-56H2,1-3H3/b10-7-,16-13-,21-18-,22-19-,27-25-,30-29+,33-32-,38-35-. The summed E-state index contributed by atoms with van der Waals surface area (Å²) in [5, 5.41) is 0. The molecule has 0 aromatic rings. The predicted molar refractivity (Wildman–Crippen MR) is 284 cm³/mol. The van der Waals surface area contributed by atoms with Gasteiger partial charge in [-0.05, 0) is 64.2 Å². The molecule has 0 aliphatic heterocycles. The molecule has 1 unspecified atom stereocenters. The molecule has 1 atom stereocenters. The van der Waals surface area contributed by atoms with Gasteiger partial charge >= 0.3 is 17.9 Å². The molecule has 0 spiro atoms. The van der Waals surface area contributed by atoms with Crippen LogP contribution < -0.4 is 0 Å². The second-order valence-corrected chi connectivity index (χ2v) is 17.9. The number of allylic oxidation sites excluding steroid dienone is 16. The first-order valence-corrected chi connectivity index (χ1v) is 27.3. The maximum Gasteiger partial charge on any atom is 0.306 e. The van der Waals surface area contributed by atoms with E-state index in [-0.39, 0.29) is 31.1 Å². The molecule has 0 saturated carbocycles. The highest BCUT2D eigenvalue weighted by atomic mass is 16.6. The van der Waals surface area contributed by atoms with Gasteiger partial charge in [0.15, 0.2) is 6.10 Å². The zero-order valence-corrected chi connectivity index (χ0v) is 42.9. The van der Waals surface area contributed by atoms with Crippen molar-refractivity contribution in [2.24, 2.45) is 0 Å². The summed E-state index contributed by atoms with van der Waals surface area (Å²) in [6.45, 7) is 6.43. The summed E-state index contributed by atoms with van der Waals surface area (Å²) in [7, 11) is 0. The number of carbonyl (C=O) groups excluding carboxylic acids is 3. The van der Waals surface area contributed by atoms with E-state index in [0.29, 0.717) is 19.3 Å². The fraction of sp³-hybridized carbons (Fsp3) is 0.683. The Morgan fingerprint density at radius 2 is 0.606 bits per heavy atom. The molecule has 0 aliphatic carbocycles. The molecule has 0 N–H and O–H groups in total. The Hall–Kier alpha value is -3.67. The second-order valence-electron chi connectivity index (χ2n) is 17.9. The lowest BCUT2D eigenvalue weighted by Gasteiger charge is -2.18. The van der Waals surface area contributed by atoms with Crippen LogP contribution in [0, 0.1) is 0 Å². The Kier molecular flexibility index (Phi) is 50.9. The summed E-state index contributed by atoms with van der Waals surface area (Å²) < 4.78 is 16.8. The van der Waals surface area contributed by atoms with Crippen molar-refractivity contribution in [3.05, 3.63) is 97.2 Å². The van der Waals surface area contributed by atoms with E-state index in [2.05, 4.69) is 45.1 Å². The number of ether oxygens (including phenoxy) is 3. The molecule has 0 rings (SSSR count). The molecule has 0 aromatic carbocycles. The van der Waals surface area contributed by atoms with E-state index in [0.717, 1.165) is 83.5 Å². The molecule has 0 aromatic heterocycles. The van der Waals surface area contributed by atoms with Crippen LogP contribution in [0.1, 0.15) is 245 Å². The third kappa shape index (κ3) is 51.3. The minimum Gasteiger partial charge on any atom is -0.462 e. The molecule has 0 amide bonds. The molecule has 0 heterocycles. The Labute approximate surface area is 407 Å². The third-order valence-electron chi connectivity index (χ3n) is 11.5. The predicted octanol–water partition coefficient (Wildman–Crippen LogP) is 18.1. The molecular formula is C60H100O6. The lowest BCUT2D eigenvalue weighted by atomic mass is 10.0. The number of unbranched alkanes of at least 4 members (excludes halogenated alkanes) is 27. The molecule has 0 aliphatic rings. The minimum absolute atomic E-state index is 0.0959. The smallest absolute Gasteiger partial charge is 0.306 e. The second kappa shape index (κ2) is 53.9. The summed E-state index contributed by atoms with van der Waals surface area (Å²) in [6.07, 6.45) is 71.0. The lowest BCUT2D eigenvalue weighted by Crippen LogP contribution is -2.30. The van der Waals surface area contributed by atoms with Crippen LogP contribution in [0.15, 0.2) is 97.2 Å². The largest absolute Gasteiger partial charge is 0.462 e. The third-order valence-corrected chi connectivity index (χ3v) is 11.5. The number of hydrogen-bond donors (Lipinski definition) is 0. The van der Waals surface area contributed by atoms with Crippen LogP contribution in [0.25, 0.3) is 0 Å². The van der Waals surface area contributed by atoms with E-state index in [1.54, 1.807) is 0 Å². The van der Waals surface area contributed by atoms with Crippen molar-refractivity contribution in [1.82, 2.24) is 0 Å². The first kappa shape index (κ1) is 62.3. The van der Waals surface area contributed by atoms with Gasteiger partial charge in [0, 0.05) is 19.3 Å². The summed E-state index contributed by atoms with van der Waals surface area (Å²) in [5.74, 6) is -0.948. The van der Waals surface area contributed by atoms with Crippen molar-refractivity contribution < 1.29 is 28.6 Å². The van der Waals surface area contributed by atoms with Crippen molar-refractivity contribution in [2.45, 2.75) is 252 Å². The molecular weight excluding hydrogens is 817 g/mol. The van der Waals surface area contributed by atoms with Gasteiger partial charge in [-0.25, -0.2) is 0 Å². The zero-order chi connectivity index (χ0) is 47.9. The first-order chi connectivity index (χ1) is 32.5. The van der Waals surface area contributed by atoms with E-state index < -0.39 is 6.10 Å². The highest BCUT2D eigenvalue weighted by Crippen LogP contribution is 2.16. The van der Waals surface area contributed by atoms with Gasteiger partial charge in [-0.1, -0.05) is 259 Å². The molecule has 0 saturated heterocycles. The average Bonchev–Trinajstić information content (AvgIpc) is 3.31. The van der Waals surface area contributed by atoms with Crippen LogP contribution in [-0.4, -0.2) is 37.2 Å². The quantitative estimate of drug-likeness (QED) is 0.0199. The van der Waals surface area contributed by atoms with Gasteiger partial charge in [-0.15, -0.1) is 0 Å². The summed E-state index contributed by atoms with van der Waals surface area (Å²) >= 11 is 0. The average molecular weight is 917 g/mol. The van der Waals surface area contributed by atoms with Crippen LogP contribution in [0.2, 0.25) is 0 Å². The van der Waals surface area contributed by atoms with E-state index in [1.807, 2.05) is 72.9 Å². The van der Waals surface area contributed by atoms with Crippen LogP contribution in [-0.2, 0) is 28.6 Å². The van der Waals surface area contributed by atoms with E-state index in [1.165, 1.54) is 122 Å². The van der Waals surface area contributed by atoms with Gasteiger partial charge < -0.3 is 14.2 Å². The Balaban J connectivity index is 4.47. The molecule has 6 nitrogen and oxygen atoms in total. The van der Waals surface area contributed by atoms with Gasteiger partial charge in [0.05, 0.1) is 0 Å². The minimum atomic E-state index is -0.799. The van der Waals surface area contributed by atoms with E-state index >= 15 is 0 Å². The molecule has 6 heteroatoms. The topological polar surface area (TPSA) is 78.9 Å². The van der Waals surface area contributed by atoms with Crippen molar-refractivity contribution in [2.75, 3.05) is 13.2 Å². The van der Waals surface area contributed by atoms with Crippen molar-refractivity contribution in [1.29, 1.82) is 0 Å². The molecule has 66 heavy (non-hydrogen) atoms. The first-order valence-electron chi connectivity index (χ1n) is 27.3. The fourth-order valence-electron chi connectivity index (χ4n) is 7.42. The maximum atomic E-state index is 12.8. The van der Waals surface area contributed by atoms with Gasteiger partial charge in [0.2, 0.25) is 0 Å². The Morgan fingerprint density at radius 3 is 1.02 bits per heavy atom. The van der Waals surface area contributed by atoms with Crippen molar-refractivity contribution in [3.8, 4) is 0 Å². The Morgan fingerprint density at radius 1 is 0.318 bits per heavy atom. The SMILES string of the molecule is CC\C=C/C=C\C=C/C=C\C=C\C=C/C=C\CCCCCC(=O)OCC(COC(=O)CCCCCCC/C=C\CCCCC)OC(=O)CCCCCCCCCCCCCCCCCCC. The lowest BCUT2D eigenvalue weighted by molar-refractivity contribution is -0.167. The van der Waals surface area contributed by atoms with Crippen LogP contribution in [0.4, 0.5) is 0 Å². The monoisotopic (exact) mass is 917 g/mol. The normalized spacial score (nSPS) is 12.8.